The molecule has 0 unspecified atom stereocenters. The van der Waals surface area contributed by atoms with Crippen LogP contribution in [0.2, 0.25) is 0 Å². The molecule has 0 spiro atoms. The fourth-order valence-electron chi connectivity index (χ4n) is 1.70. The molecule has 1 aromatic rings. The van der Waals surface area contributed by atoms with Gasteiger partial charge in [-0.15, -0.1) is 0 Å². The normalized spacial score (nSPS) is 10.0. The summed E-state index contributed by atoms with van der Waals surface area (Å²) in [5.74, 6) is -0.0527. The second-order valence-corrected chi connectivity index (χ2v) is 4.01. The maximum Gasteiger partial charge on any atom is 0.173 e. The van der Waals surface area contributed by atoms with E-state index in [1.54, 1.807) is 0 Å². The van der Waals surface area contributed by atoms with E-state index >= 15 is 0 Å². The van der Waals surface area contributed by atoms with Crippen LogP contribution in [0, 0.1) is 5.41 Å². The maximum atomic E-state index is 10.8. The summed E-state index contributed by atoms with van der Waals surface area (Å²) in [6, 6.07) is 10.5. The predicted octanol–water partition coefficient (Wildman–Crippen LogP) is 3.40. The summed E-state index contributed by atoms with van der Waals surface area (Å²) >= 11 is 0. The van der Waals surface area contributed by atoms with Gasteiger partial charge in [-0.25, -0.2) is 0 Å². The Hall–Kier alpha value is -1.44. The van der Waals surface area contributed by atoms with Crippen molar-refractivity contribution in [3.8, 4) is 0 Å². The summed E-state index contributed by atoms with van der Waals surface area (Å²) in [4.78, 5) is 10.8. The highest BCUT2D eigenvalue weighted by molar-refractivity contribution is 6.26. The van der Waals surface area contributed by atoms with E-state index in [1.165, 1.54) is 18.4 Å². The SMILES string of the molecule is N=CC(=O)CCCCCCc1ccccc1. The van der Waals surface area contributed by atoms with Crippen molar-refractivity contribution in [2.24, 2.45) is 0 Å². The number of rotatable bonds is 8. The largest absolute Gasteiger partial charge is 0.305 e. The number of nitrogens with one attached hydrogen (secondary N) is 1. The van der Waals surface area contributed by atoms with Gasteiger partial charge in [-0.2, -0.15) is 0 Å². The van der Waals surface area contributed by atoms with E-state index in [9.17, 15) is 4.79 Å². The molecule has 1 rings (SSSR count). The van der Waals surface area contributed by atoms with E-state index in [-0.39, 0.29) is 5.78 Å². The Bertz CT molecular complexity index is 319. The Labute approximate surface area is 97.2 Å². The molecule has 0 aliphatic carbocycles. The molecular weight excluding hydrogens is 198 g/mol. The molecule has 2 nitrogen and oxygen atoms in total. The molecule has 0 saturated carbocycles. The van der Waals surface area contributed by atoms with Gasteiger partial charge < -0.3 is 5.41 Å². The van der Waals surface area contributed by atoms with Crippen molar-refractivity contribution in [2.75, 3.05) is 0 Å². The molecule has 1 N–H and O–H groups in total. The maximum absolute atomic E-state index is 10.8. The lowest BCUT2D eigenvalue weighted by atomic mass is 10.0. The predicted molar refractivity (Wildman–Crippen MR) is 67.0 cm³/mol. The first kappa shape index (κ1) is 12.6. The average molecular weight is 217 g/mol. The molecule has 0 fully saturated rings. The second kappa shape index (κ2) is 7.80. The van der Waals surface area contributed by atoms with Crippen LogP contribution >= 0.6 is 0 Å². The van der Waals surface area contributed by atoms with E-state index in [2.05, 4.69) is 24.3 Å². The van der Waals surface area contributed by atoms with Crippen LogP contribution < -0.4 is 0 Å². The topological polar surface area (TPSA) is 40.9 Å². The molecule has 86 valence electrons. The molecule has 0 aliphatic heterocycles. The van der Waals surface area contributed by atoms with E-state index in [4.69, 9.17) is 5.41 Å². The van der Waals surface area contributed by atoms with E-state index in [0.29, 0.717) is 6.42 Å². The summed E-state index contributed by atoms with van der Waals surface area (Å²) in [6.45, 7) is 0. The zero-order chi connectivity index (χ0) is 11.6. The highest BCUT2D eigenvalue weighted by Crippen LogP contribution is 2.08. The smallest absolute Gasteiger partial charge is 0.173 e. The standard InChI is InChI=1S/C14H19NO/c15-12-14(16)11-7-2-1-4-8-13-9-5-3-6-10-13/h3,5-6,9-10,12,15H,1-2,4,7-8,11H2. The second-order valence-electron chi connectivity index (χ2n) is 4.01. The number of hydrogen-bond donors (Lipinski definition) is 1. The summed E-state index contributed by atoms with van der Waals surface area (Å²) in [6.07, 6.45) is 6.94. The van der Waals surface area contributed by atoms with Crippen LogP contribution in [0.5, 0.6) is 0 Å². The summed E-state index contributed by atoms with van der Waals surface area (Å²) in [7, 11) is 0. The Kier molecular flexibility index (Phi) is 6.16. The first-order valence-corrected chi connectivity index (χ1v) is 5.90. The number of benzene rings is 1. The number of Topliss-reactive ketones (excluding diaryl/α,β-unsaturated/α-hetero) is 1. The molecule has 0 heterocycles. The highest BCUT2D eigenvalue weighted by atomic mass is 16.1. The summed E-state index contributed by atoms with van der Waals surface area (Å²) < 4.78 is 0. The fourth-order valence-corrected chi connectivity index (χ4v) is 1.70. The number of carbonyl (C=O) groups excluding carboxylic acids is 1. The number of unbranched alkanes of at least 4 members (excludes halogenated alkanes) is 3. The van der Waals surface area contributed by atoms with Crippen LogP contribution in [0.25, 0.3) is 0 Å². The quantitative estimate of drug-likeness (QED) is 0.526. The molecule has 0 amide bonds. The lowest BCUT2D eigenvalue weighted by Gasteiger charge is -2.01. The van der Waals surface area contributed by atoms with Crippen molar-refractivity contribution in [3.63, 3.8) is 0 Å². The Balaban J connectivity index is 2.00. The van der Waals surface area contributed by atoms with Crippen molar-refractivity contribution in [3.05, 3.63) is 35.9 Å². The molecule has 0 bridgehead atoms. The highest BCUT2D eigenvalue weighted by Gasteiger charge is 1.97. The first-order chi connectivity index (χ1) is 7.83. The van der Waals surface area contributed by atoms with Crippen LogP contribution in [0.3, 0.4) is 0 Å². The van der Waals surface area contributed by atoms with Crippen molar-refractivity contribution in [2.45, 2.75) is 38.5 Å². The van der Waals surface area contributed by atoms with Crippen molar-refractivity contribution >= 4 is 12.0 Å². The molecular formula is C14H19NO. The molecule has 0 atom stereocenters. The van der Waals surface area contributed by atoms with E-state index in [1.807, 2.05) is 6.07 Å². The van der Waals surface area contributed by atoms with Crippen LogP contribution in [-0.4, -0.2) is 12.0 Å². The van der Waals surface area contributed by atoms with Gasteiger partial charge >= 0.3 is 0 Å². The van der Waals surface area contributed by atoms with Crippen molar-refractivity contribution in [1.82, 2.24) is 0 Å². The number of ketones is 1. The van der Waals surface area contributed by atoms with Gasteiger partial charge in [0.05, 0.1) is 6.21 Å². The number of aryl methyl sites for hydroxylation is 1. The van der Waals surface area contributed by atoms with Gasteiger partial charge in [0.1, 0.15) is 0 Å². The minimum atomic E-state index is -0.0527. The van der Waals surface area contributed by atoms with Gasteiger partial charge in [-0.05, 0) is 24.8 Å². The Morgan fingerprint density at radius 1 is 1.06 bits per heavy atom. The Morgan fingerprint density at radius 2 is 1.75 bits per heavy atom. The third kappa shape index (κ3) is 5.44. The average Bonchev–Trinajstić information content (AvgIpc) is 2.34. The minimum absolute atomic E-state index is 0.0527. The molecule has 0 aliphatic rings. The number of carbonyl (C=O) groups is 1. The van der Waals surface area contributed by atoms with Crippen LogP contribution in [0.15, 0.2) is 30.3 Å². The molecule has 1 aromatic carbocycles. The summed E-state index contributed by atoms with van der Waals surface area (Å²) in [5, 5.41) is 6.76. The fraction of sp³-hybridized carbons (Fsp3) is 0.429. The van der Waals surface area contributed by atoms with Gasteiger partial charge in [0.15, 0.2) is 5.78 Å². The van der Waals surface area contributed by atoms with E-state index < -0.39 is 0 Å². The van der Waals surface area contributed by atoms with Crippen LogP contribution in [0.4, 0.5) is 0 Å². The van der Waals surface area contributed by atoms with Gasteiger partial charge in [0.25, 0.3) is 0 Å². The molecule has 0 saturated heterocycles. The van der Waals surface area contributed by atoms with Crippen LogP contribution in [0.1, 0.15) is 37.7 Å². The lowest BCUT2D eigenvalue weighted by molar-refractivity contribution is -0.112. The lowest BCUT2D eigenvalue weighted by Crippen LogP contribution is -1.97. The number of hydrogen-bond acceptors (Lipinski definition) is 2. The zero-order valence-corrected chi connectivity index (χ0v) is 9.61. The minimum Gasteiger partial charge on any atom is -0.305 e. The summed E-state index contributed by atoms with van der Waals surface area (Å²) in [5.41, 5.74) is 1.39. The van der Waals surface area contributed by atoms with Crippen LogP contribution in [-0.2, 0) is 11.2 Å². The molecule has 16 heavy (non-hydrogen) atoms. The van der Waals surface area contributed by atoms with Crippen molar-refractivity contribution < 1.29 is 4.79 Å². The molecule has 0 radical (unpaired) electrons. The Morgan fingerprint density at radius 3 is 2.44 bits per heavy atom. The third-order valence-corrected chi connectivity index (χ3v) is 2.64. The van der Waals surface area contributed by atoms with Crippen molar-refractivity contribution in [1.29, 1.82) is 5.41 Å². The molecule has 0 aromatic heterocycles. The monoisotopic (exact) mass is 217 g/mol. The first-order valence-electron chi connectivity index (χ1n) is 5.90. The third-order valence-electron chi connectivity index (χ3n) is 2.64. The van der Waals surface area contributed by atoms with Gasteiger partial charge in [-0.1, -0.05) is 43.2 Å². The van der Waals surface area contributed by atoms with Gasteiger partial charge in [-0.3, -0.25) is 4.79 Å². The molecule has 2 heteroatoms. The van der Waals surface area contributed by atoms with Gasteiger partial charge in [0, 0.05) is 6.42 Å². The zero-order valence-electron chi connectivity index (χ0n) is 9.61. The van der Waals surface area contributed by atoms with Gasteiger partial charge in [0.2, 0.25) is 0 Å². The van der Waals surface area contributed by atoms with E-state index in [0.717, 1.165) is 25.5 Å².